The number of aryl methyl sites for hydroxylation is 1. The van der Waals surface area contributed by atoms with Gasteiger partial charge < -0.3 is 14.4 Å². The Morgan fingerprint density at radius 2 is 2.15 bits per heavy atom. The van der Waals surface area contributed by atoms with Gasteiger partial charge >= 0.3 is 0 Å². The zero-order chi connectivity index (χ0) is 18.5. The van der Waals surface area contributed by atoms with Gasteiger partial charge in [0.05, 0.1) is 26.1 Å². The van der Waals surface area contributed by atoms with Gasteiger partial charge in [-0.25, -0.2) is 0 Å². The largest absolute Gasteiger partial charge is 0.479 e. The Kier molecular flexibility index (Phi) is 6.06. The molecule has 2 amide bonds. The lowest BCUT2D eigenvalue weighted by atomic mass is 10.3. The van der Waals surface area contributed by atoms with E-state index in [4.69, 9.17) is 9.47 Å². The summed E-state index contributed by atoms with van der Waals surface area (Å²) >= 11 is 2.51. The van der Waals surface area contributed by atoms with E-state index in [0.717, 1.165) is 0 Å². The highest BCUT2D eigenvalue weighted by Gasteiger charge is 2.20. The quantitative estimate of drug-likeness (QED) is 0.553. The number of aromatic nitrogens is 4. The second-order valence-electron chi connectivity index (χ2n) is 5.33. The number of carbonyl (C=O) groups excluding carboxylic acids is 2. The molecule has 1 aliphatic rings. The second kappa shape index (κ2) is 8.47. The smallest absolute Gasteiger partial charge is 0.264 e. The van der Waals surface area contributed by atoms with Gasteiger partial charge in [0.25, 0.3) is 5.91 Å². The SMILES string of the molecule is COc1nn(C)cc1C(=O)Nc1nnc(SCC(=O)N2CCOCC2)s1. The predicted octanol–water partition coefficient (Wildman–Crippen LogP) is 0.483. The highest BCUT2D eigenvalue weighted by atomic mass is 32.2. The minimum atomic E-state index is -0.382. The Hall–Kier alpha value is -2.18. The number of hydrogen-bond acceptors (Lipinski definition) is 9. The number of nitrogens with zero attached hydrogens (tertiary/aromatic N) is 5. The molecule has 3 rings (SSSR count). The van der Waals surface area contributed by atoms with E-state index in [0.29, 0.717) is 41.3 Å². The van der Waals surface area contributed by atoms with Gasteiger partial charge in [0.2, 0.25) is 16.9 Å². The maximum absolute atomic E-state index is 12.3. The number of thioether (sulfide) groups is 1. The second-order valence-corrected chi connectivity index (χ2v) is 7.53. The summed E-state index contributed by atoms with van der Waals surface area (Å²) in [4.78, 5) is 26.2. The first kappa shape index (κ1) is 18.6. The van der Waals surface area contributed by atoms with Crippen molar-refractivity contribution in [3.8, 4) is 5.88 Å². The van der Waals surface area contributed by atoms with E-state index in [1.165, 1.54) is 34.9 Å². The maximum Gasteiger partial charge on any atom is 0.264 e. The third kappa shape index (κ3) is 4.51. The highest BCUT2D eigenvalue weighted by Crippen LogP contribution is 2.26. The fourth-order valence-corrected chi connectivity index (χ4v) is 3.93. The van der Waals surface area contributed by atoms with Crippen LogP contribution in [0.5, 0.6) is 5.88 Å². The monoisotopic (exact) mass is 398 g/mol. The summed E-state index contributed by atoms with van der Waals surface area (Å²) in [6, 6.07) is 0. The van der Waals surface area contributed by atoms with Crippen molar-refractivity contribution in [1.29, 1.82) is 0 Å². The zero-order valence-corrected chi connectivity index (χ0v) is 15.9. The van der Waals surface area contributed by atoms with Gasteiger partial charge in [-0.3, -0.25) is 19.6 Å². The number of anilines is 1. The van der Waals surface area contributed by atoms with Gasteiger partial charge in [0.1, 0.15) is 5.56 Å². The van der Waals surface area contributed by atoms with Crippen molar-refractivity contribution >= 4 is 40.0 Å². The van der Waals surface area contributed by atoms with Crippen molar-refractivity contribution in [2.24, 2.45) is 7.05 Å². The molecular weight excluding hydrogens is 380 g/mol. The lowest BCUT2D eigenvalue weighted by molar-refractivity contribution is -0.132. The van der Waals surface area contributed by atoms with E-state index in [1.807, 2.05) is 0 Å². The Balaban J connectivity index is 1.54. The van der Waals surface area contributed by atoms with Crippen LogP contribution in [-0.2, 0) is 16.6 Å². The molecule has 0 spiro atoms. The van der Waals surface area contributed by atoms with Crippen LogP contribution in [0, 0.1) is 0 Å². The van der Waals surface area contributed by atoms with Crippen LogP contribution in [-0.4, -0.2) is 75.9 Å². The van der Waals surface area contributed by atoms with Crippen LogP contribution in [0.2, 0.25) is 0 Å². The topological polar surface area (TPSA) is 111 Å². The number of hydrogen-bond donors (Lipinski definition) is 1. The van der Waals surface area contributed by atoms with Crippen molar-refractivity contribution < 1.29 is 19.1 Å². The minimum absolute atomic E-state index is 0.0409. The zero-order valence-electron chi connectivity index (χ0n) is 14.3. The number of amides is 2. The first-order valence-corrected chi connectivity index (χ1v) is 9.58. The molecule has 2 aromatic heterocycles. The van der Waals surface area contributed by atoms with Crippen LogP contribution in [0.3, 0.4) is 0 Å². The number of methoxy groups -OCH3 is 1. The van der Waals surface area contributed by atoms with Gasteiger partial charge in [-0.2, -0.15) is 0 Å². The van der Waals surface area contributed by atoms with Crippen molar-refractivity contribution in [3.05, 3.63) is 11.8 Å². The van der Waals surface area contributed by atoms with Crippen molar-refractivity contribution in [3.63, 3.8) is 0 Å². The molecule has 140 valence electrons. The molecule has 26 heavy (non-hydrogen) atoms. The standard InChI is InChI=1S/C14H18N6O4S2/c1-19-7-9(12(18-19)23-2)11(22)15-13-16-17-14(26-13)25-8-10(21)20-3-5-24-6-4-20/h7H,3-6,8H2,1-2H3,(H,15,16,22). The van der Waals surface area contributed by atoms with Gasteiger partial charge in [-0.15, -0.1) is 15.3 Å². The number of rotatable bonds is 6. The van der Waals surface area contributed by atoms with Gasteiger partial charge in [-0.1, -0.05) is 23.1 Å². The molecule has 1 saturated heterocycles. The van der Waals surface area contributed by atoms with Crippen molar-refractivity contribution in [2.45, 2.75) is 4.34 Å². The van der Waals surface area contributed by atoms with Crippen molar-refractivity contribution in [1.82, 2.24) is 24.9 Å². The third-order valence-corrected chi connectivity index (χ3v) is 5.50. The highest BCUT2D eigenvalue weighted by molar-refractivity contribution is 8.01. The number of ether oxygens (including phenoxy) is 2. The summed E-state index contributed by atoms with van der Waals surface area (Å²) in [6.07, 6.45) is 1.56. The Labute approximate surface area is 157 Å². The first-order valence-electron chi connectivity index (χ1n) is 7.77. The van der Waals surface area contributed by atoms with Gasteiger partial charge in [0, 0.05) is 26.3 Å². The number of nitrogens with one attached hydrogen (secondary N) is 1. The fraction of sp³-hybridized carbons (Fsp3) is 0.500. The third-order valence-electron chi connectivity index (χ3n) is 3.54. The Morgan fingerprint density at radius 3 is 2.88 bits per heavy atom. The lowest BCUT2D eigenvalue weighted by Crippen LogP contribution is -2.41. The molecule has 1 aliphatic heterocycles. The van der Waals surface area contributed by atoms with E-state index in [2.05, 4.69) is 20.6 Å². The van der Waals surface area contributed by atoms with Crippen LogP contribution in [0.15, 0.2) is 10.5 Å². The van der Waals surface area contributed by atoms with E-state index >= 15 is 0 Å². The van der Waals surface area contributed by atoms with Gasteiger partial charge in [0.15, 0.2) is 4.34 Å². The average Bonchev–Trinajstić information content (AvgIpc) is 3.26. The number of morpholine rings is 1. The summed E-state index contributed by atoms with van der Waals surface area (Å²) in [7, 11) is 3.15. The molecule has 0 aromatic carbocycles. The van der Waals surface area contributed by atoms with E-state index in [-0.39, 0.29) is 23.4 Å². The van der Waals surface area contributed by atoms with Gasteiger partial charge in [-0.05, 0) is 0 Å². The molecule has 2 aromatic rings. The normalized spacial score (nSPS) is 14.3. The Morgan fingerprint density at radius 1 is 1.38 bits per heavy atom. The molecule has 10 nitrogen and oxygen atoms in total. The molecule has 1 N–H and O–H groups in total. The Bertz CT molecular complexity index is 786. The molecular formula is C14H18N6O4S2. The molecule has 0 unspecified atom stereocenters. The summed E-state index contributed by atoms with van der Waals surface area (Å²) < 4.78 is 12.4. The number of carbonyl (C=O) groups is 2. The predicted molar refractivity (Wildman–Crippen MR) is 95.7 cm³/mol. The molecule has 0 atom stereocenters. The van der Waals surface area contributed by atoms with Crippen molar-refractivity contribution in [2.75, 3.05) is 44.5 Å². The molecule has 1 fully saturated rings. The fourth-order valence-electron chi connectivity index (χ4n) is 2.29. The maximum atomic E-state index is 12.3. The van der Waals surface area contributed by atoms with Crippen LogP contribution in [0.25, 0.3) is 0 Å². The summed E-state index contributed by atoms with van der Waals surface area (Å²) in [5, 5.41) is 15.0. The minimum Gasteiger partial charge on any atom is -0.479 e. The molecule has 0 radical (unpaired) electrons. The van der Waals surface area contributed by atoms with E-state index in [1.54, 1.807) is 18.1 Å². The average molecular weight is 398 g/mol. The summed E-state index contributed by atoms with van der Waals surface area (Å²) in [5.41, 5.74) is 0.307. The van der Waals surface area contributed by atoms with E-state index < -0.39 is 0 Å². The molecule has 0 saturated carbocycles. The summed E-state index contributed by atoms with van der Waals surface area (Å²) in [6.45, 7) is 2.37. The molecule has 12 heteroatoms. The lowest BCUT2D eigenvalue weighted by Gasteiger charge is -2.26. The first-order chi connectivity index (χ1) is 12.6. The molecule has 3 heterocycles. The van der Waals surface area contributed by atoms with E-state index in [9.17, 15) is 9.59 Å². The van der Waals surface area contributed by atoms with Crippen LogP contribution in [0.1, 0.15) is 10.4 Å². The molecule has 0 aliphatic carbocycles. The van der Waals surface area contributed by atoms with Crippen LogP contribution < -0.4 is 10.1 Å². The summed E-state index contributed by atoms with van der Waals surface area (Å²) in [5.74, 6) is 0.172. The molecule has 0 bridgehead atoms. The van der Waals surface area contributed by atoms with Crippen LogP contribution >= 0.6 is 23.1 Å². The van der Waals surface area contributed by atoms with Crippen LogP contribution in [0.4, 0.5) is 5.13 Å².